The normalized spacial score (nSPS) is 10.7. The maximum absolute atomic E-state index is 11.9. The zero-order valence-corrected chi connectivity index (χ0v) is 12.0. The van der Waals surface area contributed by atoms with E-state index in [-0.39, 0.29) is 11.3 Å². The van der Waals surface area contributed by atoms with Crippen molar-refractivity contribution in [1.29, 1.82) is 0 Å². The minimum atomic E-state index is -1.01. The number of rotatable bonds is 4. The molecule has 2 aromatic carbocycles. The molecule has 0 radical (unpaired) electrons. The van der Waals surface area contributed by atoms with E-state index in [4.69, 9.17) is 5.11 Å². The predicted molar refractivity (Wildman–Crippen MR) is 80.9 cm³/mol. The minimum absolute atomic E-state index is 0.162. The number of ketones is 1. The molecule has 1 N–H and O–H groups in total. The van der Waals surface area contributed by atoms with E-state index >= 15 is 0 Å². The monoisotopic (exact) mass is 330 g/mol. The maximum atomic E-state index is 11.9. The van der Waals surface area contributed by atoms with Gasteiger partial charge in [-0.2, -0.15) is 0 Å². The van der Waals surface area contributed by atoms with Gasteiger partial charge >= 0.3 is 5.97 Å². The van der Waals surface area contributed by atoms with Gasteiger partial charge in [-0.1, -0.05) is 46.3 Å². The van der Waals surface area contributed by atoms with E-state index in [2.05, 4.69) is 15.9 Å². The highest BCUT2D eigenvalue weighted by Gasteiger charge is 2.05. The van der Waals surface area contributed by atoms with Crippen LogP contribution < -0.4 is 0 Å². The van der Waals surface area contributed by atoms with E-state index in [9.17, 15) is 9.59 Å². The van der Waals surface area contributed by atoms with Gasteiger partial charge in [0.05, 0.1) is 5.56 Å². The van der Waals surface area contributed by atoms with Gasteiger partial charge in [-0.25, -0.2) is 4.79 Å². The zero-order valence-electron chi connectivity index (χ0n) is 10.4. The molecule has 0 bridgehead atoms. The van der Waals surface area contributed by atoms with Gasteiger partial charge in [-0.05, 0) is 35.9 Å². The number of aromatic carboxylic acids is 1. The van der Waals surface area contributed by atoms with Gasteiger partial charge in [0.15, 0.2) is 5.78 Å². The molecular weight excluding hydrogens is 320 g/mol. The zero-order chi connectivity index (χ0) is 14.5. The van der Waals surface area contributed by atoms with Crippen LogP contribution >= 0.6 is 15.9 Å². The highest BCUT2D eigenvalue weighted by Crippen LogP contribution is 2.12. The average Bonchev–Trinajstić information content (AvgIpc) is 2.46. The Morgan fingerprint density at radius 1 is 0.900 bits per heavy atom. The van der Waals surface area contributed by atoms with Crippen LogP contribution in [0.3, 0.4) is 0 Å². The van der Waals surface area contributed by atoms with Gasteiger partial charge in [0.25, 0.3) is 0 Å². The van der Waals surface area contributed by atoms with E-state index in [1.807, 2.05) is 24.3 Å². The number of allylic oxidation sites excluding steroid dienone is 1. The van der Waals surface area contributed by atoms with Crippen LogP contribution in [0.1, 0.15) is 26.3 Å². The summed E-state index contributed by atoms with van der Waals surface area (Å²) < 4.78 is 0.977. The van der Waals surface area contributed by atoms with Crippen LogP contribution in [0, 0.1) is 0 Å². The molecule has 0 aliphatic heterocycles. The van der Waals surface area contributed by atoms with Gasteiger partial charge in [0.1, 0.15) is 0 Å². The molecule has 0 amide bonds. The van der Waals surface area contributed by atoms with Crippen molar-refractivity contribution < 1.29 is 14.7 Å². The van der Waals surface area contributed by atoms with Crippen LogP contribution in [-0.4, -0.2) is 16.9 Å². The number of carbonyl (C=O) groups is 2. The number of halogens is 1. The van der Waals surface area contributed by atoms with Crippen molar-refractivity contribution in [3.8, 4) is 0 Å². The Labute approximate surface area is 124 Å². The Balaban J connectivity index is 2.11. The maximum Gasteiger partial charge on any atom is 0.335 e. The third-order valence-electron chi connectivity index (χ3n) is 2.71. The Morgan fingerprint density at radius 2 is 1.45 bits per heavy atom. The van der Waals surface area contributed by atoms with Crippen molar-refractivity contribution in [3.05, 3.63) is 75.8 Å². The van der Waals surface area contributed by atoms with Crippen LogP contribution in [-0.2, 0) is 0 Å². The van der Waals surface area contributed by atoms with Gasteiger partial charge in [-0.3, -0.25) is 4.79 Å². The van der Waals surface area contributed by atoms with Crippen LogP contribution in [0.2, 0.25) is 0 Å². The Hall–Kier alpha value is -2.20. The fourth-order valence-electron chi connectivity index (χ4n) is 1.62. The van der Waals surface area contributed by atoms with Crippen molar-refractivity contribution in [2.45, 2.75) is 0 Å². The standard InChI is InChI=1S/C16H11BrO3/c17-14-8-1-11(2-9-14)3-10-15(18)12-4-6-13(7-5-12)16(19)20/h1-10H,(H,19,20). The molecule has 0 heterocycles. The third kappa shape index (κ3) is 3.65. The van der Waals surface area contributed by atoms with Crippen LogP contribution in [0.25, 0.3) is 6.08 Å². The smallest absolute Gasteiger partial charge is 0.335 e. The first-order valence-electron chi connectivity index (χ1n) is 5.87. The second-order valence-electron chi connectivity index (χ2n) is 4.13. The number of hydrogen-bond donors (Lipinski definition) is 1. The lowest BCUT2D eigenvalue weighted by molar-refractivity contribution is 0.0696. The molecule has 20 heavy (non-hydrogen) atoms. The van der Waals surface area contributed by atoms with Crippen molar-refractivity contribution in [1.82, 2.24) is 0 Å². The molecule has 0 saturated heterocycles. The highest BCUT2D eigenvalue weighted by atomic mass is 79.9. The molecular formula is C16H11BrO3. The predicted octanol–water partition coefficient (Wildman–Crippen LogP) is 4.04. The number of carboxylic acid groups (broad SMARTS) is 1. The van der Waals surface area contributed by atoms with E-state index in [0.29, 0.717) is 5.56 Å². The molecule has 0 spiro atoms. The summed E-state index contributed by atoms with van der Waals surface area (Å²) in [6.45, 7) is 0. The van der Waals surface area contributed by atoms with E-state index in [0.717, 1.165) is 10.0 Å². The molecule has 0 atom stereocenters. The molecule has 2 rings (SSSR count). The lowest BCUT2D eigenvalue weighted by atomic mass is 10.1. The van der Waals surface area contributed by atoms with Crippen LogP contribution in [0.5, 0.6) is 0 Å². The van der Waals surface area contributed by atoms with Crippen molar-refractivity contribution >= 4 is 33.8 Å². The molecule has 0 aliphatic rings. The van der Waals surface area contributed by atoms with Crippen molar-refractivity contribution in [3.63, 3.8) is 0 Å². The van der Waals surface area contributed by atoms with Gasteiger partial charge in [0.2, 0.25) is 0 Å². The quantitative estimate of drug-likeness (QED) is 0.679. The van der Waals surface area contributed by atoms with Crippen molar-refractivity contribution in [2.75, 3.05) is 0 Å². The summed E-state index contributed by atoms with van der Waals surface area (Å²) in [6, 6.07) is 13.4. The molecule has 0 aliphatic carbocycles. The summed E-state index contributed by atoms with van der Waals surface area (Å²) in [5, 5.41) is 8.79. The largest absolute Gasteiger partial charge is 0.478 e. The number of carboxylic acids is 1. The van der Waals surface area contributed by atoms with Gasteiger partial charge < -0.3 is 5.11 Å². The lowest BCUT2D eigenvalue weighted by Gasteiger charge is -1.98. The van der Waals surface area contributed by atoms with E-state index in [1.165, 1.54) is 30.3 Å². The molecule has 0 fully saturated rings. The average molecular weight is 331 g/mol. The minimum Gasteiger partial charge on any atom is -0.478 e. The first-order valence-corrected chi connectivity index (χ1v) is 6.67. The third-order valence-corrected chi connectivity index (χ3v) is 3.24. The summed E-state index contributed by atoms with van der Waals surface area (Å²) in [6.07, 6.45) is 3.19. The molecule has 100 valence electrons. The number of carbonyl (C=O) groups excluding carboxylic acids is 1. The number of benzene rings is 2. The molecule has 0 unspecified atom stereocenters. The summed E-state index contributed by atoms with van der Waals surface area (Å²) >= 11 is 3.34. The Morgan fingerprint density at radius 3 is 2.00 bits per heavy atom. The fourth-order valence-corrected chi connectivity index (χ4v) is 1.88. The van der Waals surface area contributed by atoms with Crippen molar-refractivity contribution in [2.24, 2.45) is 0 Å². The summed E-state index contributed by atoms with van der Waals surface area (Å²) in [5.74, 6) is -1.17. The summed E-state index contributed by atoms with van der Waals surface area (Å²) in [4.78, 5) is 22.6. The molecule has 0 saturated carbocycles. The molecule has 3 nitrogen and oxygen atoms in total. The van der Waals surface area contributed by atoms with Gasteiger partial charge in [-0.15, -0.1) is 0 Å². The SMILES string of the molecule is O=C(O)c1ccc(C(=O)C=Cc2ccc(Br)cc2)cc1. The highest BCUT2D eigenvalue weighted by molar-refractivity contribution is 9.10. The first-order chi connectivity index (χ1) is 9.56. The Bertz CT molecular complexity index is 655. The van der Waals surface area contributed by atoms with Crippen LogP contribution in [0.4, 0.5) is 0 Å². The van der Waals surface area contributed by atoms with E-state index < -0.39 is 5.97 Å². The van der Waals surface area contributed by atoms with Crippen LogP contribution in [0.15, 0.2) is 59.1 Å². The summed E-state index contributed by atoms with van der Waals surface area (Å²) in [5.41, 5.74) is 1.55. The molecule has 2 aromatic rings. The summed E-state index contributed by atoms with van der Waals surface area (Å²) in [7, 11) is 0. The topological polar surface area (TPSA) is 54.4 Å². The van der Waals surface area contributed by atoms with E-state index in [1.54, 1.807) is 6.08 Å². The molecule has 0 aromatic heterocycles. The second-order valence-corrected chi connectivity index (χ2v) is 5.05. The lowest BCUT2D eigenvalue weighted by Crippen LogP contribution is -1.98. The fraction of sp³-hybridized carbons (Fsp3) is 0. The Kier molecular flexibility index (Phi) is 4.48. The second kappa shape index (κ2) is 6.30. The molecule has 4 heteroatoms. The van der Waals surface area contributed by atoms with Gasteiger partial charge in [0, 0.05) is 10.0 Å². The number of hydrogen-bond acceptors (Lipinski definition) is 2. The first kappa shape index (κ1) is 14.2.